The summed E-state index contributed by atoms with van der Waals surface area (Å²) in [7, 11) is 0. The molecule has 1 aliphatic carbocycles. The normalized spacial score (nSPS) is 14.8. The first-order valence-electron chi connectivity index (χ1n) is 5.37. The average Bonchev–Trinajstić information content (AvgIpc) is 3.07. The maximum Gasteiger partial charge on any atom is 0.320 e. The highest BCUT2D eigenvalue weighted by Crippen LogP contribution is 2.18. The van der Waals surface area contributed by atoms with Crippen molar-refractivity contribution < 1.29 is 9.53 Å². The summed E-state index contributed by atoms with van der Waals surface area (Å²) in [6.07, 6.45) is 2.36. The van der Waals surface area contributed by atoms with Crippen molar-refractivity contribution in [2.24, 2.45) is 0 Å². The van der Waals surface area contributed by atoms with E-state index in [0.717, 1.165) is 10.0 Å². The molecule has 86 valence electrons. The molecular weight excluding hydrogens is 270 g/mol. The molecule has 1 aromatic carbocycles. The Balaban J connectivity index is 1.71. The number of ether oxygens (including phenoxy) is 1. The van der Waals surface area contributed by atoms with E-state index in [-0.39, 0.29) is 5.97 Å². The third-order valence-electron chi connectivity index (χ3n) is 2.40. The lowest BCUT2D eigenvalue weighted by molar-refractivity contribution is -0.143. The van der Waals surface area contributed by atoms with E-state index in [4.69, 9.17) is 4.74 Å². The molecule has 2 rings (SSSR count). The molecule has 1 aliphatic rings. The lowest BCUT2D eigenvalue weighted by atomic mass is 10.2. The molecule has 0 atom stereocenters. The van der Waals surface area contributed by atoms with E-state index < -0.39 is 0 Å². The molecule has 0 saturated heterocycles. The van der Waals surface area contributed by atoms with Crippen LogP contribution >= 0.6 is 15.9 Å². The SMILES string of the molecule is O=C(CNC1CC1)OCc1cccc(Br)c1. The van der Waals surface area contributed by atoms with Gasteiger partial charge in [0.25, 0.3) is 0 Å². The fourth-order valence-corrected chi connectivity index (χ4v) is 1.80. The van der Waals surface area contributed by atoms with Gasteiger partial charge in [0.05, 0.1) is 6.54 Å². The Morgan fingerprint density at radius 2 is 2.31 bits per heavy atom. The maximum atomic E-state index is 11.3. The highest BCUT2D eigenvalue weighted by Gasteiger charge is 2.21. The lowest BCUT2D eigenvalue weighted by Gasteiger charge is -2.05. The van der Waals surface area contributed by atoms with Crippen molar-refractivity contribution in [3.05, 3.63) is 34.3 Å². The zero-order valence-electron chi connectivity index (χ0n) is 8.91. The molecule has 0 aromatic heterocycles. The number of carbonyl (C=O) groups is 1. The van der Waals surface area contributed by atoms with Gasteiger partial charge in [-0.15, -0.1) is 0 Å². The number of hydrogen-bond acceptors (Lipinski definition) is 3. The summed E-state index contributed by atoms with van der Waals surface area (Å²) in [5.41, 5.74) is 0.995. The molecule has 4 heteroatoms. The predicted molar refractivity (Wildman–Crippen MR) is 65.0 cm³/mol. The summed E-state index contributed by atoms with van der Waals surface area (Å²) in [6.45, 7) is 0.656. The summed E-state index contributed by atoms with van der Waals surface area (Å²) in [5.74, 6) is -0.188. The fourth-order valence-electron chi connectivity index (χ4n) is 1.36. The van der Waals surface area contributed by atoms with Crippen LogP contribution in [-0.2, 0) is 16.1 Å². The lowest BCUT2D eigenvalue weighted by Crippen LogP contribution is -2.26. The summed E-state index contributed by atoms with van der Waals surface area (Å²) in [5, 5.41) is 3.12. The molecule has 1 fully saturated rings. The van der Waals surface area contributed by atoms with Crippen LogP contribution in [0.4, 0.5) is 0 Å². The number of hydrogen-bond donors (Lipinski definition) is 1. The van der Waals surface area contributed by atoms with Gasteiger partial charge in [-0.3, -0.25) is 4.79 Å². The number of halogens is 1. The Morgan fingerprint density at radius 3 is 3.00 bits per heavy atom. The van der Waals surface area contributed by atoms with Crippen molar-refractivity contribution in [1.29, 1.82) is 0 Å². The molecule has 1 aromatic rings. The van der Waals surface area contributed by atoms with Crippen molar-refractivity contribution in [3.8, 4) is 0 Å². The van der Waals surface area contributed by atoms with Gasteiger partial charge in [0, 0.05) is 10.5 Å². The first kappa shape index (κ1) is 11.6. The van der Waals surface area contributed by atoms with Crippen LogP contribution < -0.4 is 5.32 Å². The maximum absolute atomic E-state index is 11.3. The van der Waals surface area contributed by atoms with E-state index in [1.165, 1.54) is 12.8 Å². The van der Waals surface area contributed by atoms with Gasteiger partial charge in [0.2, 0.25) is 0 Å². The van der Waals surface area contributed by atoms with Crippen LogP contribution in [0.25, 0.3) is 0 Å². The van der Waals surface area contributed by atoms with Crippen LogP contribution in [0.2, 0.25) is 0 Å². The van der Waals surface area contributed by atoms with Gasteiger partial charge >= 0.3 is 5.97 Å². The topological polar surface area (TPSA) is 38.3 Å². The van der Waals surface area contributed by atoms with E-state index in [2.05, 4.69) is 21.2 Å². The van der Waals surface area contributed by atoms with Crippen molar-refractivity contribution >= 4 is 21.9 Å². The molecule has 0 spiro atoms. The molecule has 0 aliphatic heterocycles. The smallest absolute Gasteiger partial charge is 0.320 e. The molecule has 1 saturated carbocycles. The van der Waals surface area contributed by atoms with E-state index in [9.17, 15) is 4.79 Å². The second-order valence-electron chi connectivity index (χ2n) is 3.95. The second kappa shape index (κ2) is 5.46. The zero-order valence-corrected chi connectivity index (χ0v) is 10.5. The second-order valence-corrected chi connectivity index (χ2v) is 4.86. The largest absolute Gasteiger partial charge is 0.460 e. The summed E-state index contributed by atoms with van der Waals surface area (Å²) >= 11 is 3.37. The van der Waals surface area contributed by atoms with Gasteiger partial charge in [0.1, 0.15) is 6.61 Å². The number of nitrogens with one attached hydrogen (secondary N) is 1. The monoisotopic (exact) mass is 283 g/mol. The number of carbonyl (C=O) groups excluding carboxylic acids is 1. The summed E-state index contributed by atoms with van der Waals surface area (Å²) in [6, 6.07) is 8.29. The first-order chi connectivity index (χ1) is 7.74. The van der Waals surface area contributed by atoms with Crippen LogP contribution in [0.5, 0.6) is 0 Å². The number of esters is 1. The Labute approximate surface area is 103 Å². The molecule has 0 bridgehead atoms. The highest BCUT2D eigenvalue weighted by atomic mass is 79.9. The van der Waals surface area contributed by atoms with Crippen LogP contribution in [0.15, 0.2) is 28.7 Å². The molecule has 0 unspecified atom stereocenters. The minimum Gasteiger partial charge on any atom is -0.460 e. The van der Waals surface area contributed by atoms with Gasteiger partial charge < -0.3 is 10.1 Å². The fraction of sp³-hybridized carbons (Fsp3) is 0.417. The zero-order chi connectivity index (χ0) is 11.4. The minimum atomic E-state index is -0.188. The van der Waals surface area contributed by atoms with Gasteiger partial charge in [-0.1, -0.05) is 28.1 Å². The van der Waals surface area contributed by atoms with Crippen molar-refractivity contribution in [2.45, 2.75) is 25.5 Å². The molecule has 0 amide bonds. The predicted octanol–water partition coefficient (Wildman–Crippen LogP) is 2.24. The minimum absolute atomic E-state index is 0.188. The molecule has 0 heterocycles. The highest BCUT2D eigenvalue weighted by molar-refractivity contribution is 9.10. The van der Waals surface area contributed by atoms with E-state index in [1.54, 1.807) is 0 Å². The Hall–Kier alpha value is -0.870. The Morgan fingerprint density at radius 1 is 1.50 bits per heavy atom. The molecule has 3 nitrogen and oxygen atoms in total. The van der Waals surface area contributed by atoms with Crippen molar-refractivity contribution in [1.82, 2.24) is 5.32 Å². The van der Waals surface area contributed by atoms with E-state index in [0.29, 0.717) is 19.2 Å². The van der Waals surface area contributed by atoms with Crippen LogP contribution in [0.3, 0.4) is 0 Å². The molecule has 1 N–H and O–H groups in total. The van der Waals surface area contributed by atoms with Crippen molar-refractivity contribution in [2.75, 3.05) is 6.54 Å². The molecule has 0 radical (unpaired) electrons. The number of benzene rings is 1. The first-order valence-corrected chi connectivity index (χ1v) is 6.17. The molecular formula is C12H14BrNO2. The van der Waals surface area contributed by atoms with Gasteiger partial charge in [-0.05, 0) is 30.5 Å². The third kappa shape index (κ3) is 3.94. The average molecular weight is 284 g/mol. The molecule has 16 heavy (non-hydrogen) atoms. The van der Waals surface area contributed by atoms with Crippen LogP contribution in [0.1, 0.15) is 18.4 Å². The summed E-state index contributed by atoms with van der Waals surface area (Å²) in [4.78, 5) is 11.3. The third-order valence-corrected chi connectivity index (χ3v) is 2.89. The quantitative estimate of drug-likeness (QED) is 0.843. The van der Waals surface area contributed by atoms with E-state index >= 15 is 0 Å². The standard InChI is InChI=1S/C12H14BrNO2/c13-10-3-1-2-9(6-10)8-16-12(15)7-14-11-4-5-11/h1-3,6,11,14H,4-5,7-8H2. The van der Waals surface area contributed by atoms with Crippen molar-refractivity contribution in [3.63, 3.8) is 0 Å². The van der Waals surface area contributed by atoms with Gasteiger partial charge in [0.15, 0.2) is 0 Å². The Kier molecular flexibility index (Phi) is 3.96. The Bertz CT molecular complexity index is 377. The van der Waals surface area contributed by atoms with Crippen LogP contribution in [0, 0.1) is 0 Å². The van der Waals surface area contributed by atoms with Gasteiger partial charge in [-0.25, -0.2) is 0 Å². The van der Waals surface area contributed by atoms with E-state index in [1.807, 2.05) is 24.3 Å². The van der Waals surface area contributed by atoms with Crippen LogP contribution in [-0.4, -0.2) is 18.6 Å². The number of rotatable bonds is 5. The summed E-state index contributed by atoms with van der Waals surface area (Å²) < 4.78 is 6.14. The van der Waals surface area contributed by atoms with Gasteiger partial charge in [-0.2, -0.15) is 0 Å².